The van der Waals surface area contributed by atoms with Crippen LogP contribution in [0, 0.1) is 40.4 Å². The van der Waals surface area contributed by atoms with Gasteiger partial charge in [0, 0.05) is 23.7 Å². The zero-order valence-electron chi connectivity index (χ0n) is 26.3. The fourth-order valence-electron chi connectivity index (χ4n) is 9.56. The highest BCUT2D eigenvalue weighted by molar-refractivity contribution is 5.96. The summed E-state index contributed by atoms with van der Waals surface area (Å²) in [5, 5.41) is 74.7. The predicted octanol–water partition coefficient (Wildman–Crippen LogP) is -2.38. The van der Waals surface area contributed by atoms with Crippen molar-refractivity contribution < 1.29 is 78.6 Å². The van der Waals surface area contributed by atoms with Crippen LogP contribution < -0.4 is 0 Å². The van der Waals surface area contributed by atoms with Crippen molar-refractivity contribution in [3.63, 3.8) is 0 Å². The van der Waals surface area contributed by atoms with Gasteiger partial charge in [-0.25, -0.2) is 9.59 Å². The van der Waals surface area contributed by atoms with Gasteiger partial charge in [-0.1, -0.05) is 27.7 Å². The Labute approximate surface area is 269 Å². The Morgan fingerprint density at radius 1 is 1.04 bits per heavy atom. The van der Waals surface area contributed by atoms with Gasteiger partial charge in [-0.2, -0.15) is 0 Å². The lowest BCUT2D eigenvalue weighted by molar-refractivity contribution is -0.296. The number of aliphatic carboxylic acids is 1. The fraction of sp³-hybridized carbons (Fsp3) is 0.806. The Morgan fingerprint density at radius 3 is 2.34 bits per heavy atom. The van der Waals surface area contributed by atoms with Crippen molar-refractivity contribution in [2.24, 2.45) is 40.4 Å². The van der Waals surface area contributed by atoms with Crippen molar-refractivity contribution in [1.29, 1.82) is 0 Å². The topological polar surface area (TPSA) is 256 Å². The number of fused-ring (bicyclic) bond motifs is 2. The van der Waals surface area contributed by atoms with Crippen molar-refractivity contribution in [3.05, 3.63) is 11.8 Å². The van der Waals surface area contributed by atoms with Crippen LogP contribution in [0.3, 0.4) is 0 Å². The molecule has 6 aliphatic rings. The molecule has 1 spiro atoms. The molecule has 47 heavy (non-hydrogen) atoms. The largest absolute Gasteiger partial charge is 0.479 e. The van der Waals surface area contributed by atoms with Crippen molar-refractivity contribution in [2.45, 2.75) is 101 Å². The summed E-state index contributed by atoms with van der Waals surface area (Å²) in [6.45, 7) is 5.63. The van der Waals surface area contributed by atoms with Crippen LogP contribution in [0.4, 0.5) is 0 Å². The summed E-state index contributed by atoms with van der Waals surface area (Å²) >= 11 is 0. The van der Waals surface area contributed by atoms with Crippen LogP contribution in [0.15, 0.2) is 11.8 Å². The van der Waals surface area contributed by atoms with Crippen molar-refractivity contribution in [3.8, 4) is 0 Å². The Balaban J connectivity index is 1.46. The van der Waals surface area contributed by atoms with Crippen LogP contribution in [-0.2, 0) is 42.9 Å². The molecule has 2 bridgehead atoms. The lowest BCUT2D eigenvalue weighted by Gasteiger charge is -2.67. The van der Waals surface area contributed by atoms with Gasteiger partial charge in [0.05, 0.1) is 25.2 Å². The number of allylic oxidation sites excluding steroid dienone is 2. The first kappa shape index (κ1) is 34.2. The Kier molecular flexibility index (Phi) is 8.32. The molecule has 0 aromatic rings. The van der Waals surface area contributed by atoms with E-state index in [0.717, 1.165) is 0 Å². The van der Waals surface area contributed by atoms with Gasteiger partial charge in [0.1, 0.15) is 36.6 Å². The van der Waals surface area contributed by atoms with Crippen molar-refractivity contribution >= 4 is 23.7 Å². The molecule has 0 aromatic carbocycles. The summed E-state index contributed by atoms with van der Waals surface area (Å²) in [5.41, 5.74) is -5.38. The molecule has 3 aliphatic heterocycles. The van der Waals surface area contributed by atoms with Gasteiger partial charge in [0.25, 0.3) is 0 Å². The molecule has 16 heteroatoms. The van der Waals surface area contributed by atoms with Gasteiger partial charge in [-0.3, -0.25) is 9.59 Å². The lowest BCUT2D eigenvalue weighted by atomic mass is 9.38. The van der Waals surface area contributed by atoms with Gasteiger partial charge in [-0.05, 0) is 29.7 Å². The fourth-order valence-corrected chi connectivity index (χ4v) is 9.56. The number of aliphatic hydroxyl groups is 6. The average molecular weight is 671 g/mol. The van der Waals surface area contributed by atoms with E-state index in [1.165, 1.54) is 6.08 Å². The predicted molar refractivity (Wildman–Crippen MR) is 150 cm³/mol. The molecule has 0 amide bonds. The van der Waals surface area contributed by atoms with E-state index in [1.807, 2.05) is 0 Å². The number of carbonyl (C=O) groups excluding carboxylic acids is 3. The summed E-state index contributed by atoms with van der Waals surface area (Å²) in [5.74, 6) is -8.72. The molecule has 16 atom stereocenters. The minimum absolute atomic E-state index is 0.0144. The molecule has 3 aliphatic carbocycles. The zero-order chi connectivity index (χ0) is 34.5. The third-order valence-electron chi connectivity index (χ3n) is 11.6. The normalized spacial score (nSPS) is 50.2. The molecule has 7 N–H and O–H groups in total. The number of ether oxygens (including phenoxy) is 5. The number of Topliss-reactive ketones (excluding diaryl/α,β-unsaturated/α-hetero) is 1. The molecule has 0 unspecified atom stereocenters. The Hall–Kier alpha value is -2.70. The Bertz CT molecular complexity index is 1360. The first-order valence-electron chi connectivity index (χ1n) is 15.8. The van der Waals surface area contributed by atoms with E-state index >= 15 is 0 Å². The number of hydrogen-bond acceptors (Lipinski definition) is 15. The number of ketones is 1. The minimum atomic E-state index is -2.55. The monoisotopic (exact) mass is 670 g/mol. The summed E-state index contributed by atoms with van der Waals surface area (Å²) in [7, 11) is 0. The van der Waals surface area contributed by atoms with E-state index in [0.29, 0.717) is 0 Å². The zero-order valence-corrected chi connectivity index (χ0v) is 26.3. The highest BCUT2D eigenvalue weighted by atomic mass is 16.7. The molecule has 0 radical (unpaired) electrons. The minimum Gasteiger partial charge on any atom is -0.479 e. The summed E-state index contributed by atoms with van der Waals surface area (Å²) < 4.78 is 28.7. The van der Waals surface area contributed by atoms with E-state index in [1.54, 1.807) is 27.7 Å². The van der Waals surface area contributed by atoms with Crippen LogP contribution in [0.1, 0.15) is 40.5 Å². The van der Waals surface area contributed by atoms with Gasteiger partial charge in [0.2, 0.25) is 18.0 Å². The smallest absolute Gasteiger partial charge is 0.348 e. The number of carbonyl (C=O) groups is 4. The third-order valence-corrected chi connectivity index (χ3v) is 11.6. The Morgan fingerprint density at radius 2 is 1.72 bits per heavy atom. The molecule has 262 valence electrons. The molecule has 3 saturated heterocycles. The maximum atomic E-state index is 13.7. The number of rotatable bonds is 7. The van der Waals surface area contributed by atoms with Crippen LogP contribution in [-0.4, -0.2) is 133 Å². The van der Waals surface area contributed by atoms with Gasteiger partial charge < -0.3 is 59.4 Å². The third kappa shape index (κ3) is 4.56. The van der Waals surface area contributed by atoms with Crippen LogP contribution >= 0.6 is 0 Å². The number of carboxylic acid groups (broad SMARTS) is 1. The number of carboxylic acids is 1. The second-order valence-corrected chi connectivity index (χ2v) is 14.5. The van der Waals surface area contributed by atoms with E-state index in [4.69, 9.17) is 23.7 Å². The van der Waals surface area contributed by atoms with Crippen LogP contribution in [0.2, 0.25) is 0 Å². The second-order valence-electron chi connectivity index (χ2n) is 14.5. The van der Waals surface area contributed by atoms with Crippen molar-refractivity contribution in [1.82, 2.24) is 0 Å². The summed E-state index contributed by atoms with van der Waals surface area (Å²) in [6, 6.07) is 0. The SMILES string of the molecule is CC(C)CC(=O)O[C@H]1C(=O)O[C@@H]2C[C@H]3[C@H](C)C(=O)C(O[C@@H]4O[C@H](CO)[C@@H](O)[C@H](O)[C@H]4O)=C[C@]3(C)[C@H]3[C@@H](O)[C@H](O)[C@@]4(C(=O)O)OC[C@]32[C@@H]14. The maximum Gasteiger partial charge on any atom is 0.348 e. The van der Waals surface area contributed by atoms with E-state index in [-0.39, 0.29) is 24.5 Å². The van der Waals surface area contributed by atoms with E-state index in [2.05, 4.69) is 0 Å². The summed E-state index contributed by atoms with van der Waals surface area (Å²) in [6.07, 6.45) is -13.8. The molecule has 0 aromatic heterocycles. The van der Waals surface area contributed by atoms with Crippen LogP contribution in [0.5, 0.6) is 0 Å². The molecule has 5 fully saturated rings. The molecular formula is C31H42O16. The van der Waals surface area contributed by atoms with Gasteiger partial charge in [-0.15, -0.1) is 0 Å². The first-order valence-corrected chi connectivity index (χ1v) is 15.8. The summed E-state index contributed by atoms with van der Waals surface area (Å²) in [4.78, 5) is 53.1. The quantitative estimate of drug-likeness (QED) is 0.140. The van der Waals surface area contributed by atoms with E-state index < -0.39 is 132 Å². The van der Waals surface area contributed by atoms with Gasteiger partial charge in [0.15, 0.2) is 11.5 Å². The average Bonchev–Trinajstić information content (AvgIpc) is 3.31. The second kappa shape index (κ2) is 11.4. The highest BCUT2D eigenvalue weighted by Crippen LogP contribution is 2.72. The van der Waals surface area contributed by atoms with E-state index in [9.17, 15) is 54.9 Å². The molecule has 16 nitrogen and oxygen atoms in total. The molecular weight excluding hydrogens is 628 g/mol. The number of aliphatic hydroxyl groups excluding tert-OH is 6. The lowest BCUT2D eigenvalue weighted by Crippen LogP contribution is -2.79. The molecule has 6 rings (SSSR count). The molecule has 3 heterocycles. The highest BCUT2D eigenvalue weighted by Gasteiger charge is 2.85. The van der Waals surface area contributed by atoms with Crippen molar-refractivity contribution in [2.75, 3.05) is 13.2 Å². The number of esters is 2. The van der Waals surface area contributed by atoms with Crippen LogP contribution in [0.25, 0.3) is 0 Å². The van der Waals surface area contributed by atoms with Gasteiger partial charge >= 0.3 is 17.9 Å². The maximum absolute atomic E-state index is 13.7. The number of hydrogen-bond donors (Lipinski definition) is 7. The molecule has 2 saturated carbocycles. The standard InChI is InChI=1S/C31H42O16/c1-10(2)5-16(33)47-22-24-30-9-43-31(24,28(41)42)25(39)21(38)23(30)29(4)7-13(17(34)11(3)12(29)6-15(30)46-26(22)40)44-27-20(37)19(36)18(35)14(8-32)45-27/h7,10-12,14-15,18-25,27,32,35-39H,5-6,8-9H2,1-4H3,(H,41,42)/t11-,12-,14+,15+,18+,19-,20+,21+,22+,23+,24+,25-,27+,29-,30+,31-/m0/s1. The first-order chi connectivity index (χ1) is 22.0.